The Bertz CT molecular complexity index is 1100. The van der Waals surface area contributed by atoms with Crippen molar-refractivity contribution in [3.05, 3.63) is 48.5 Å². The van der Waals surface area contributed by atoms with Crippen LogP contribution in [-0.4, -0.2) is 18.1 Å². The van der Waals surface area contributed by atoms with Crippen molar-refractivity contribution in [1.29, 1.82) is 0 Å². The monoisotopic (exact) mass is 336 g/mol. The molecule has 0 amide bonds. The minimum absolute atomic E-state index is 0. The Morgan fingerprint density at radius 3 is 2.05 bits per heavy atom. The number of benzene rings is 4. The third kappa shape index (κ3) is 2.27. The predicted octanol–water partition coefficient (Wildman–Crippen LogP) is 0.198. The van der Waals surface area contributed by atoms with Gasteiger partial charge in [0.25, 0.3) is 0 Å². The summed E-state index contributed by atoms with van der Waals surface area (Å²) in [5.41, 5.74) is 0. The van der Waals surface area contributed by atoms with Crippen molar-refractivity contribution in [1.82, 2.24) is 0 Å². The van der Waals surface area contributed by atoms with Crippen molar-refractivity contribution in [2.45, 2.75) is 4.90 Å². The maximum atomic E-state index is 11.5. The van der Waals surface area contributed by atoms with Crippen molar-refractivity contribution in [2.75, 3.05) is 0 Å². The van der Waals surface area contributed by atoms with Gasteiger partial charge in [-0.25, -0.2) is 8.42 Å². The van der Waals surface area contributed by atoms with Gasteiger partial charge in [-0.15, -0.1) is 0 Å². The summed E-state index contributed by atoms with van der Waals surface area (Å²) in [4.78, 5) is -0.384. The molecule has 4 nitrogen and oxygen atoms in total. The van der Waals surface area contributed by atoms with E-state index >= 15 is 0 Å². The smallest absolute Gasteiger partial charge is 0.744 e. The van der Waals surface area contributed by atoms with Gasteiger partial charge in [0.15, 0.2) is 0 Å². The maximum Gasteiger partial charge on any atom is 1.00 e. The second kappa shape index (κ2) is 5.42. The summed E-state index contributed by atoms with van der Waals surface area (Å²) in [7, 11) is -4.66. The average molecular weight is 336 g/mol. The van der Waals surface area contributed by atoms with Crippen molar-refractivity contribution in [3.8, 4) is 5.75 Å². The van der Waals surface area contributed by atoms with E-state index in [2.05, 4.69) is 0 Å². The van der Waals surface area contributed by atoms with E-state index in [1.54, 1.807) is 18.2 Å². The van der Waals surface area contributed by atoms with E-state index in [0.29, 0.717) is 16.2 Å². The summed E-state index contributed by atoms with van der Waals surface area (Å²) in [6.07, 6.45) is 0. The van der Waals surface area contributed by atoms with E-state index < -0.39 is 10.1 Å². The van der Waals surface area contributed by atoms with Crippen molar-refractivity contribution in [3.63, 3.8) is 0 Å². The Hall–Kier alpha value is -0.734. The van der Waals surface area contributed by atoms with E-state index in [1.165, 1.54) is 0 Å². The Kier molecular flexibility index (Phi) is 3.97. The van der Waals surface area contributed by atoms with Crippen LogP contribution in [0.3, 0.4) is 0 Å². The standard InChI is InChI=1S/C16H10O4S.K/c17-13-8-14(21(18,19)20)12-7-5-10-3-1-2-9-4-6-11(13)16(12)15(9)10;/h1-8,17H,(H,18,19,20);/q;+1/p-1. The third-order valence-electron chi connectivity index (χ3n) is 3.86. The van der Waals surface area contributed by atoms with Gasteiger partial charge in [-0.3, -0.25) is 0 Å². The molecule has 0 fully saturated rings. The van der Waals surface area contributed by atoms with E-state index in [0.717, 1.165) is 22.2 Å². The second-order valence-corrected chi connectivity index (χ2v) is 6.38. The van der Waals surface area contributed by atoms with Gasteiger partial charge in [0.2, 0.25) is 0 Å². The Balaban J connectivity index is 0.00000144. The topological polar surface area (TPSA) is 77.4 Å². The molecule has 0 radical (unpaired) electrons. The molecule has 0 aliphatic heterocycles. The number of hydrogen-bond acceptors (Lipinski definition) is 4. The Morgan fingerprint density at radius 2 is 1.45 bits per heavy atom. The summed E-state index contributed by atoms with van der Waals surface area (Å²) in [6, 6.07) is 13.8. The fraction of sp³-hybridized carbons (Fsp3) is 0. The summed E-state index contributed by atoms with van der Waals surface area (Å²) < 4.78 is 34.4. The molecule has 4 aromatic rings. The zero-order valence-electron chi connectivity index (χ0n) is 11.7. The number of rotatable bonds is 1. The van der Waals surface area contributed by atoms with Gasteiger partial charge in [-0.1, -0.05) is 42.5 Å². The molecule has 0 aliphatic rings. The van der Waals surface area contributed by atoms with Crippen LogP contribution in [0.25, 0.3) is 32.3 Å². The molecular formula is C16H9KO4S. The number of aromatic hydroxyl groups is 1. The van der Waals surface area contributed by atoms with Crippen LogP contribution in [0.5, 0.6) is 5.75 Å². The Morgan fingerprint density at radius 1 is 0.864 bits per heavy atom. The van der Waals surface area contributed by atoms with Gasteiger partial charge >= 0.3 is 51.4 Å². The van der Waals surface area contributed by atoms with Crippen molar-refractivity contribution < 1.29 is 69.5 Å². The molecule has 6 heteroatoms. The van der Waals surface area contributed by atoms with Crippen LogP contribution in [0, 0.1) is 0 Å². The van der Waals surface area contributed by atoms with Crippen LogP contribution in [0.4, 0.5) is 0 Å². The zero-order chi connectivity index (χ0) is 14.8. The first kappa shape index (κ1) is 16.1. The maximum absolute atomic E-state index is 11.5. The quantitative estimate of drug-likeness (QED) is 0.306. The second-order valence-electron chi connectivity index (χ2n) is 5.03. The molecule has 0 unspecified atom stereocenters. The number of hydrogen-bond donors (Lipinski definition) is 1. The predicted molar refractivity (Wildman–Crippen MR) is 79.8 cm³/mol. The minimum atomic E-state index is -4.66. The molecule has 0 aliphatic carbocycles. The van der Waals surface area contributed by atoms with E-state index in [9.17, 15) is 18.1 Å². The molecule has 0 spiro atoms. The fourth-order valence-corrected chi connectivity index (χ4v) is 3.68. The largest absolute Gasteiger partial charge is 1.00 e. The van der Waals surface area contributed by atoms with Crippen LogP contribution in [-0.2, 0) is 10.1 Å². The molecule has 4 aromatic carbocycles. The molecule has 22 heavy (non-hydrogen) atoms. The summed E-state index contributed by atoms with van der Waals surface area (Å²) in [5.74, 6) is -0.199. The molecule has 0 saturated heterocycles. The zero-order valence-corrected chi connectivity index (χ0v) is 15.6. The average Bonchev–Trinajstić information content (AvgIpc) is 2.45. The summed E-state index contributed by atoms with van der Waals surface area (Å²) >= 11 is 0. The van der Waals surface area contributed by atoms with Gasteiger partial charge in [0.1, 0.15) is 15.9 Å². The van der Waals surface area contributed by atoms with E-state index in [-0.39, 0.29) is 62.0 Å². The normalized spacial score (nSPS) is 12.0. The third-order valence-corrected chi connectivity index (χ3v) is 4.73. The van der Waals surface area contributed by atoms with Gasteiger partial charge in [-0.2, -0.15) is 0 Å². The molecule has 4 rings (SSSR count). The number of phenols is 1. The molecule has 0 bridgehead atoms. The summed E-state index contributed by atoms with van der Waals surface area (Å²) in [5, 5.41) is 14.3. The molecule has 1 N–H and O–H groups in total. The van der Waals surface area contributed by atoms with Gasteiger partial charge in [0, 0.05) is 16.2 Å². The SMILES string of the molecule is O=S(=O)([O-])c1cc(O)c2ccc3cccc4ccc1c2c34.[K+]. The van der Waals surface area contributed by atoms with Gasteiger partial charge in [-0.05, 0) is 22.2 Å². The first-order chi connectivity index (χ1) is 9.97. The molecule has 0 heterocycles. The van der Waals surface area contributed by atoms with Crippen LogP contribution in [0.15, 0.2) is 53.4 Å². The molecule has 0 atom stereocenters. The minimum Gasteiger partial charge on any atom is -0.744 e. The fourth-order valence-electron chi connectivity index (χ4n) is 2.99. The van der Waals surface area contributed by atoms with E-state index in [1.807, 2.05) is 24.3 Å². The van der Waals surface area contributed by atoms with Gasteiger partial charge in [0.05, 0.1) is 4.90 Å². The summed E-state index contributed by atoms with van der Waals surface area (Å²) in [6.45, 7) is 0. The first-order valence-electron chi connectivity index (χ1n) is 6.32. The van der Waals surface area contributed by atoms with E-state index in [4.69, 9.17) is 0 Å². The van der Waals surface area contributed by atoms with Crippen LogP contribution in [0.2, 0.25) is 0 Å². The molecule has 0 saturated carbocycles. The van der Waals surface area contributed by atoms with Crippen LogP contribution < -0.4 is 51.4 Å². The van der Waals surface area contributed by atoms with Crippen molar-refractivity contribution in [2.24, 2.45) is 0 Å². The van der Waals surface area contributed by atoms with Crippen LogP contribution in [0.1, 0.15) is 0 Å². The molecule has 104 valence electrons. The number of phenolic OH excluding ortho intramolecular Hbond substituents is 1. The molecular weight excluding hydrogens is 327 g/mol. The molecule has 0 aromatic heterocycles. The Labute approximate surface area is 169 Å². The van der Waals surface area contributed by atoms with Crippen LogP contribution >= 0.6 is 0 Å². The first-order valence-corrected chi connectivity index (χ1v) is 7.73. The van der Waals surface area contributed by atoms with Gasteiger partial charge < -0.3 is 9.66 Å². The van der Waals surface area contributed by atoms with Crippen molar-refractivity contribution >= 4 is 42.4 Å².